The summed E-state index contributed by atoms with van der Waals surface area (Å²) >= 11 is 0. The molecule has 3 fully saturated rings. The second-order valence-electron chi connectivity index (χ2n) is 13.3. The van der Waals surface area contributed by atoms with E-state index in [1.165, 1.54) is 4.90 Å². The molecule has 3 saturated heterocycles. The second kappa shape index (κ2) is 16.3. The fourth-order valence-corrected chi connectivity index (χ4v) is 7.17. The largest absolute Gasteiger partial charge is 0.442 e. The summed E-state index contributed by atoms with van der Waals surface area (Å²) in [6, 6.07) is 1.75. The van der Waals surface area contributed by atoms with Gasteiger partial charge in [-0.3, -0.25) is 14.5 Å². The molecule has 17 heteroatoms. The molecule has 1 aromatic carbocycles. The highest BCUT2D eigenvalue weighted by molar-refractivity contribution is 6.12. The van der Waals surface area contributed by atoms with Gasteiger partial charge < -0.3 is 39.6 Å². The lowest BCUT2D eigenvalue weighted by Crippen LogP contribution is -2.50. The van der Waals surface area contributed by atoms with Crippen molar-refractivity contribution in [3.05, 3.63) is 66.7 Å². The van der Waals surface area contributed by atoms with Crippen molar-refractivity contribution in [2.24, 2.45) is 11.8 Å². The number of ether oxygens (including phenoxy) is 2. The quantitative estimate of drug-likeness (QED) is 0.220. The van der Waals surface area contributed by atoms with Crippen LogP contribution in [0.5, 0.6) is 0 Å². The number of carbonyl (C=O) groups is 4. The Kier molecular flexibility index (Phi) is 11.6. The number of nitrogens with zero attached hydrogens (tertiary/aromatic N) is 5. The van der Waals surface area contributed by atoms with Crippen molar-refractivity contribution in [2.75, 3.05) is 59.0 Å². The van der Waals surface area contributed by atoms with Crippen LogP contribution in [-0.4, -0.2) is 131 Å². The van der Waals surface area contributed by atoms with Crippen molar-refractivity contribution in [1.29, 1.82) is 0 Å². The van der Waals surface area contributed by atoms with Crippen molar-refractivity contribution in [1.82, 2.24) is 34.9 Å². The number of halogens is 3. The van der Waals surface area contributed by atoms with Gasteiger partial charge in [-0.25, -0.2) is 27.7 Å². The van der Waals surface area contributed by atoms with Crippen molar-refractivity contribution in [2.45, 2.75) is 43.8 Å². The lowest BCUT2D eigenvalue weighted by atomic mass is 9.89. The summed E-state index contributed by atoms with van der Waals surface area (Å²) in [5.74, 6) is -2.76. The van der Waals surface area contributed by atoms with Crippen LogP contribution in [0.3, 0.4) is 0 Å². The molecule has 5 atom stereocenters. The number of alkyl halides is 1. The third-order valence-corrected chi connectivity index (χ3v) is 9.86. The van der Waals surface area contributed by atoms with Crippen LogP contribution in [0.1, 0.15) is 24.7 Å². The minimum Gasteiger partial charge on any atom is -0.442 e. The number of alkyl carbamates (subject to hydrolysis) is 1. The molecule has 6 rings (SSSR count). The van der Waals surface area contributed by atoms with E-state index in [0.29, 0.717) is 38.4 Å². The number of urea groups is 1. The maximum Gasteiger partial charge on any atom is 0.407 e. The maximum absolute atomic E-state index is 15.2. The molecule has 0 spiro atoms. The van der Waals surface area contributed by atoms with Crippen LogP contribution in [0.25, 0.3) is 11.3 Å². The van der Waals surface area contributed by atoms with E-state index in [1.54, 1.807) is 21.7 Å². The number of imidazole rings is 1. The highest BCUT2D eigenvalue weighted by atomic mass is 19.1. The maximum atomic E-state index is 15.2. The molecule has 5 amide bonds. The topological polar surface area (TPSA) is 159 Å². The fourth-order valence-electron chi connectivity index (χ4n) is 7.17. The first-order valence-corrected chi connectivity index (χ1v) is 17.3. The van der Waals surface area contributed by atoms with Gasteiger partial charge in [0.25, 0.3) is 11.8 Å². The Hall–Kier alpha value is -4.74. The smallest absolute Gasteiger partial charge is 0.407 e. The number of carbonyl (C=O) groups excluding carboxylic acids is 4. The molecule has 5 heterocycles. The lowest BCUT2D eigenvalue weighted by molar-refractivity contribution is -0.136. The summed E-state index contributed by atoms with van der Waals surface area (Å²) in [5.41, 5.74) is 0.0858. The van der Waals surface area contributed by atoms with Crippen molar-refractivity contribution < 1.29 is 46.9 Å². The van der Waals surface area contributed by atoms with E-state index in [4.69, 9.17) is 14.5 Å². The molecule has 52 heavy (non-hydrogen) atoms. The average Bonchev–Trinajstić information content (AvgIpc) is 3.90. The molecule has 5 unspecified atom stereocenters. The molecule has 14 nitrogen and oxygen atoms in total. The van der Waals surface area contributed by atoms with Crippen LogP contribution in [0.2, 0.25) is 0 Å². The fraction of sp³-hybridized carbons (Fsp3) is 0.514. The molecule has 0 bridgehead atoms. The molecular weight excluding hydrogens is 687 g/mol. The number of allylic oxidation sites excluding steroid dienone is 1. The number of β-amino-alcohol motifs (C(OH)–C–C–N with tert-alkyl or cyclic N) is 1. The average molecular weight is 730 g/mol. The van der Waals surface area contributed by atoms with Gasteiger partial charge in [0, 0.05) is 82.3 Å². The van der Waals surface area contributed by atoms with Crippen molar-refractivity contribution in [3.63, 3.8) is 0 Å². The Morgan fingerprint density at radius 2 is 1.92 bits per heavy atom. The zero-order valence-electron chi connectivity index (χ0n) is 28.5. The number of amides is 5. The zero-order chi connectivity index (χ0) is 36.9. The second-order valence-corrected chi connectivity index (χ2v) is 13.3. The van der Waals surface area contributed by atoms with Crippen LogP contribution < -0.4 is 10.6 Å². The number of likely N-dealkylation sites (tertiary alicyclic amines) is 1. The van der Waals surface area contributed by atoms with Gasteiger partial charge in [-0.2, -0.15) is 0 Å². The normalized spacial score (nSPS) is 24.1. The highest BCUT2D eigenvalue weighted by Gasteiger charge is 2.45. The number of aliphatic hydroxyl groups is 1. The first-order chi connectivity index (χ1) is 25.0. The van der Waals surface area contributed by atoms with Gasteiger partial charge in [0.2, 0.25) is 0 Å². The monoisotopic (exact) mass is 729 g/mol. The van der Waals surface area contributed by atoms with E-state index in [0.717, 1.165) is 35.3 Å². The number of nitrogens with one attached hydrogen (secondary N) is 2. The van der Waals surface area contributed by atoms with E-state index >= 15 is 8.78 Å². The highest BCUT2D eigenvalue weighted by Crippen LogP contribution is 2.39. The zero-order valence-corrected chi connectivity index (χ0v) is 28.5. The Morgan fingerprint density at radius 1 is 1.17 bits per heavy atom. The van der Waals surface area contributed by atoms with Crippen LogP contribution in [0.4, 0.5) is 22.8 Å². The van der Waals surface area contributed by atoms with E-state index in [1.807, 2.05) is 0 Å². The third kappa shape index (κ3) is 8.16. The SMILES string of the molecule is C=CCn1cc(-c2cc(F)ccc2F)nc1C(C1CCOCC1)N(CC1CNCC1F)C(=O)N1CC(O)C(OC(=O)NCCN2C(=O)C=CC2=O)C1. The number of rotatable bonds is 12. The van der Waals surface area contributed by atoms with Crippen LogP contribution >= 0.6 is 0 Å². The molecule has 0 saturated carbocycles. The van der Waals surface area contributed by atoms with E-state index in [9.17, 15) is 28.7 Å². The summed E-state index contributed by atoms with van der Waals surface area (Å²) in [7, 11) is 0. The van der Waals surface area contributed by atoms with Gasteiger partial charge in [0.1, 0.15) is 35.8 Å². The number of benzene rings is 1. The van der Waals surface area contributed by atoms with Gasteiger partial charge in [0.05, 0.1) is 24.8 Å². The van der Waals surface area contributed by atoms with Gasteiger partial charge in [-0.05, 0) is 37.0 Å². The Morgan fingerprint density at radius 3 is 2.62 bits per heavy atom. The van der Waals surface area contributed by atoms with Gasteiger partial charge in [-0.15, -0.1) is 6.58 Å². The van der Waals surface area contributed by atoms with Crippen molar-refractivity contribution in [3.8, 4) is 11.3 Å². The number of aliphatic hydroxyl groups excluding tert-OH is 1. The summed E-state index contributed by atoms with van der Waals surface area (Å²) < 4.78 is 57.3. The van der Waals surface area contributed by atoms with E-state index < -0.39 is 65.9 Å². The predicted octanol–water partition coefficient (Wildman–Crippen LogP) is 2.16. The summed E-state index contributed by atoms with van der Waals surface area (Å²) in [5, 5.41) is 16.4. The van der Waals surface area contributed by atoms with E-state index in [2.05, 4.69) is 17.2 Å². The third-order valence-electron chi connectivity index (χ3n) is 9.86. The first kappa shape index (κ1) is 37.0. The van der Waals surface area contributed by atoms with Gasteiger partial charge >= 0.3 is 12.1 Å². The molecule has 3 N–H and O–H groups in total. The number of aromatic nitrogens is 2. The lowest BCUT2D eigenvalue weighted by Gasteiger charge is -2.41. The van der Waals surface area contributed by atoms with Crippen molar-refractivity contribution >= 4 is 23.9 Å². The number of imide groups is 1. The molecule has 1 aromatic heterocycles. The van der Waals surface area contributed by atoms with E-state index in [-0.39, 0.29) is 63.0 Å². The Labute approximate surface area is 298 Å². The van der Waals surface area contributed by atoms with Gasteiger partial charge in [0.15, 0.2) is 0 Å². The summed E-state index contributed by atoms with van der Waals surface area (Å²) in [4.78, 5) is 59.5. The van der Waals surface area contributed by atoms with Crippen LogP contribution in [-0.2, 0) is 25.6 Å². The van der Waals surface area contributed by atoms with Crippen LogP contribution in [0, 0.1) is 23.5 Å². The van der Waals surface area contributed by atoms with Gasteiger partial charge in [-0.1, -0.05) is 6.08 Å². The minimum absolute atomic E-state index is 0.0268. The molecule has 0 radical (unpaired) electrons. The molecule has 0 aliphatic carbocycles. The number of hydrogen-bond donors (Lipinski definition) is 3. The first-order valence-electron chi connectivity index (χ1n) is 17.3. The van der Waals surface area contributed by atoms with Crippen LogP contribution in [0.15, 0.2) is 49.2 Å². The summed E-state index contributed by atoms with van der Waals surface area (Å²) in [6.07, 6.45) is 1.98. The molecular formula is C35H42F3N7O7. The summed E-state index contributed by atoms with van der Waals surface area (Å²) in [6.45, 7) is 4.72. The molecule has 2 aromatic rings. The minimum atomic E-state index is -1.25. The standard InChI is InChI=1S/C35H42F3N7O7/c1-2-10-42-18-27(24-14-23(36)3-4-25(24)37)41-33(42)32(21-7-12-51-13-8-21)45(17-22-15-39-16-26(22)38)35(50)43-19-28(46)29(20-43)52-34(49)40-9-11-44-30(47)5-6-31(44)48/h2-6,14,18,21-22,26,28-29,32,39,46H,1,7-13,15-17,19-20H2,(H,40,49). The Bertz CT molecular complexity index is 1680. The molecule has 4 aliphatic rings. The molecule has 280 valence electrons. The predicted molar refractivity (Wildman–Crippen MR) is 179 cm³/mol. The molecule has 4 aliphatic heterocycles. The Balaban J connectivity index is 1.27. The number of hydrogen-bond acceptors (Lipinski definition) is 9.